The molecule has 0 saturated carbocycles. The van der Waals surface area contributed by atoms with E-state index < -0.39 is 16.4 Å². The second-order valence-electron chi connectivity index (χ2n) is 8.53. The minimum atomic E-state index is -1.93. The van der Waals surface area contributed by atoms with Crippen LogP contribution in [0.2, 0.25) is 0 Å². The van der Waals surface area contributed by atoms with Gasteiger partial charge in [0, 0.05) is 29.1 Å². The predicted octanol–water partition coefficient (Wildman–Crippen LogP) is 4.70. The summed E-state index contributed by atoms with van der Waals surface area (Å²) in [7, 11) is 0. The van der Waals surface area contributed by atoms with E-state index in [9.17, 15) is 20.0 Å². The molecule has 1 heterocycles. The Balaban J connectivity index is 1.64. The van der Waals surface area contributed by atoms with Gasteiger partial charge >= 0.3 is 0 Å². The van der Waals surface area contributed by atoms with Crippen molar-refractivity contribution in [3.63, 3.8) is 0 Å². The number of hydrazone groups is 1. The van der Waals surface area contributed by atoms with Crippen LogP contribution in [0.3, 0.4) is 0 Å². The third-order valence-corrected chi connectivity index (χ3v) is 6.20. The molecular weight excluding hydrogens is 456 g/mol. The molecule has 8 heteroatoms. The first-order valence-corrected chi connectivity index (χ1v) is 11.3. The van der Waals surface area contributed by atoms with Gasteiger partial charge in [-0.2, -0.15) is 5.10 Å². The van der Waals surface area contributed by atoms with Crippen molar-refractivity contribution in [1.82, 2.24) is 9.99 Å². The molecule has 3 aromatic carbocycles. The van der Waals surface area contributed by atoms with Crippen molar-refractivity contribution in [2.75, 3.05) is 0 Å². The van der Waals surface area contributed by atoms with Crippen LogP contribution >= 0.6 is 0 Å². The molecule has 36 heavy (non-hydrogen) atoms. The average Bonchev–Trinajstić information content (AvgIpc) is 3.17. The maximum Gasteiger partial charge on any atom is 0.281 e. The number of carbonyl (C=O) groups is 1. The van der Waals surface area contributed by atoms with Crippen LogP contribution in [0.4, 0.5) is 5.69 Å². The summed E-state index contributed by atoms with van der Waals surface area (Å²) in [4.78, 5) is 24.1. The average molecular weight is 483 g/mol. The van der Waals surface area contributed by atoms with Crippen LogP contribution in [0.1, 0.15) is 33.6 Å². The number of nitrogens with zero attached hydrogens (tertiary/aromatic N) is 3. The lowest BCUT2D eigenvalue weighted by Crippen LogP contribution is -2.43. The molecule has 0 saturated heterocycles. The van der Waals surface area contributed by atoms with Gasteiger partial charge in [-0.1, -0.05) is 66.7 Å². The Morgan fingerprint density at radius 3 is 2.11 bits per heavy atom. The Morgan fingerprint density at radius 1 is 0.972 bits per heavy atom. The summed E-state index contributed by atoms with van der Waals surface area (Å²) in [5.41, 5.74) is 5.36. The van der Waals surface area contributed by atoms with Crippen molar-refractivity contribution in [2.24, 2.45) is 5.10 Å². The number of aliphatic hydroxyl groups is 1. The highest BCUT2D eigenvalue weighted by Gasteiger charge is 2.39. The zero-order valence-electron chi connectivity index (χ0n) is 20.2. The maximum absolute atomic E-state index is 13.2. The normalized spacial score (nSPS) is 11.6. The summed E-state index contributed by atoms with van der Waals surface area (Å²) in [6.45, 7) is 5.66. The molecule has 0 aliphatic heterocycles. The standard InChI is InChI=1S/C28H26N4O4/c1-19-14-15-25(32(35)36)17-26(19)31-20(2)16-22(21(31)3)18-29-30-27(33)28(34,23-10-6-4-7-11-23)24-12-8-5-9-13-24/h4-18,34H,1-3H3,(H,30,33)/b29-18-. The summed E-state index contributed by atoms with van der Waals surface area (Å²) in [5.74, 6) is -0.695. The lowest BCUT2D eigenvalue weighted by molar-refractivity contribution is -0.384. The number of hydrogen-bond acceptors (Lipinski definition) is 5. The monoisotopic (exact) mass is 482 g/mol. The number of aryl methyl sites for hydroxylation is 2. The molecule has 0 fully saturated rings. The van der Waals surface area contributed by atoms with Gasteiger partial charge in [0.25, 0.3) is 11.6 Å². The number of nitrogens with one attached hydrogen (secondary N) is 1. The van der Waals surface area contributed by atoms with E-state index in [0.717, 1.165) is 22.5 Å². The minimum Gasteiger partial charge on any atom is -0.372 e. The molecule has 0 radical (unpaired) electrons. The van der Waals surface area contributed by atoms with E-state index in [0.29, 0.717) is 16.8 Å². The molecule has 0 aliphatic carbocycles. The number of aromatic nitrogens is 1. The summed E-state index contributed by atoms with van der Waals surface area (Å²) < 4.78 is 1.91. The zero-order valence-corrected chi connectivity index (χ0v) is 20.2. The third-order valence-electron chi connectivity index (χ3n) is 6.20. The molecule has 1 amide bonds. The number of nitro groups is 1. The van der Waals surface area contributed by atoms with Gasteiger partial charge in [0.05, 0.1) is 16.8 Å². The van der Waals surface area contributed by atoms with Gasteiger partial charge in [0.2, 0.25) is 0 Å². The number of rotatable bonds is 7. The molecule has 1 aromatic heterocycles. The predicted molar refractivity (Wildman–Crippen MR) is 138 cm³/mol. The van der Waals surface area contributed by atoms with Crippen LogP contribution in [-0.2, 0) is 10.4 Å². The molecule has 0 unspecified atom stereocenters. The van der Waals surface area contributed by atoms with E-state index in [1.807, 2.05) is 43.5 Å². The second-order valence-corrected chi connectivity index (χ2v) is 8.53. The summed E-state index contributed by atoms with van der Waals surface area (Å²) >= 11 is 0. The Bertz CT molecular complexity index is 1400. The molecule has 4 aromatic rings. The van der Waals surface area contributed by atoms with E-state index in [-0.39, 0.29) is 5.69 Å². The Labute approximate surface area is 208 Å². The molecular formula is C28H26N4O4. The molecule has 2 N–H and O–H groups in total. The topological polar surface area (TPSA) is 110 Å². The van der Waals surface area contributed by atoms with E-state index in [2.05, 4.69) is 10.5 Å². The fourth-order valence-electron chi connectivity index (χ4n) is 4.27. The minimum absolute atomic E-state index is 0.00619. The van der Waals surface area contributed by atoms with E-state index in [1.165, 1.54) is 18.3 Å². The van der Waals surface area contributed by atoms with Crippen molar-refractivity contribution in [2.45, 2.75) is 26.4 Å². The smallest absolute Gasteiger partial charge is 0.281 e. The molecule has 4 rings (SSSR count). The van der Waals surface area contributed by atoms with Gasteiger partial charge in [-0.25, -0.2) is 5.43 Å². The van der Waals surface area contributed by atoms with E-state index in [4.69, 9.17) is 0 Å². The fraction of sp³-hybridized carbons (Fsp3) is 0.143. The van der Waals surface area contributed by atoms with Crippen LogP contribution in [0.5, 0.6) is 0 Å². The highest BCUT2D eigenvalue weighted by molar-refractivity contribution is 5.91. The highest BCUT2D eigenvalue weighted by atomic mass is 16.6. The number of nitro benzene ring substituents is 1. The molecule has 0 bridgehead atoms. The number of hydrogen-bond donors (Lipinski definition) is 2. The quantitative estimate of drug-likeness (QED) is 0.226. The van der Waals surface area contributed by atoms with Crippen molar-refractivity contribution < 1.29 is 14.8 Å². The first kappa shape index (κ1) is 24.6. The van der Waals surface area contributed by atoms with Crippen molar-refractivity contribution >= 4 is 17.8 Å². The van der Waals surface area contributed by atoms with Gasteiger partial charge in [-0.15, -0.1) is 0 Å². The van der Waals surface area contributed by atoms with Gasteiger partial charge < -0.3 is 9.67 Å². The van der Waals surface area contributed by atoms with Crippen LogP contribution in [0, 0.1) is 30.9 Å². The lowest BCUT2D eigenvalue weighted by atomic mass is 9.85. The largest absolute Gasteiger partial charge is 0.372 e. The van der Waals surface area contributed by atoms with E-state index >= 15 is 0 Å². The van der Waals surface area contributed by atoms with Gasteiger partial charge in [-0.3, -0.25) is 14.9 Å². The summed E-state index contributed by atoms with van der Waals surface area (Å²) in [6.07, 6.45) is 1.50. The first-order valence-electron chi connectivity index (χ1n) is 11.3. The number of non-ortho nitro benzene ring substituents is 1. The Morgan fingerprint density at radius 2 is 1.56 bits per heavy atom. The zero-order chi connectivity index (χ0) is 25.9. The molecule has 0 atom stereocenters. The maximum atomic E-state index is 13.2. The van der Waals surface area contributed by atoms with Crippen molar-refractivity contribution in [3.05, 3.63) is 129 Å². The van der Waals surface area contributed by atoms with Gasteiger partial charge in [0.15, 0.2) is 5.60 Å². The van der Waals surface area contributed by atoms with Crippen molar-refractivity contribution in [1.29, 1.82) is 0 Å². The fourth-order valence-corrected chi connectivity index (χ4v) is 4.27. The van der Waals surface area contributed by atoms with Crippen LogP contribution in [0.15, 0.2) is 90.0 Å². The Hall–Kier alpha value is -4.56. The van der Waals surface area contributed by atoms with Crippen LogP contribution in [0.25, 0.3) is 5.69 Å². The second kappa shape index (κ2) is 9.97. The summed E-state index contributed by atoms with van der Waals surface area (Å²) in [5, 5.41) is 26.9. The van der Waals surface area contributed by atoms with E-state index in [1.54, 1.807) is 54.6 Å². The highest BCUT2D eigenvalue weighted by Crippen LogP contribution is 2.30. The molecule has 0 spiro atoms. The lowest BCUT2D eigenvalue weighted by Gasteiger charge is -2.27. The van der Waals surface area contributed by atoms with Crippen LogP contribution < -0.4 is 5.43 Å². The number of carbonyl (C=O) groups excluding carboxylic acids is 1. The molecule has 8 nitrogen and oxygen atoms in total. The van der Waals surface area contributed by atoms with Gasteiger partial charge in [-0.05, 0) is 43.5 Å². The number of benzene rings is 3. The third kappa shape index (κ3) is 4.54. The van der Waals surface area contributed by atoms with Gasteiger partial charge in [0.1, 0.15) is 0 Å². The number of amides is 1. The summed E-state index contributed by atoms with van der Waals surface area (Å²) in [6, 6.07) is 24.0. The van der Waals surface area contributed by atoms with Crippen LogP contribution in [-0.4, -0.2) is 26.7 Å². The SMILES string of the molecule is Cc1ccc([N+](=O)[O-])cc1-n1c(C)cc(/C=N\NC(=O)C(O)(c2ccccc2)c2ccccc2)c1C. The Kier molecular flexibility index (Phi) is 6.80. The molecule has 0 aliphatic rings. The first-order chi connectivity index (χ1) is 17.2. The van der Waals surface area contributed by atoms with Crippen molar-refractivity contribution in [3.8, 4) is 5.69 Å². The molecule has 182 valence electrons.